The molecule has 2 heterocycles. The van der Waals surface area contributed by atoms with Crippen LogP contribution < -0.4 is 0 Å². The number of hydrogen-bond acceptors (Lipinski definition) is 3. The van der Waals surface area contributed by atoms with E-state index in [1.54, 1.807) is 7.11 Å². The number of pyridine rings is 1. The Morgan fingerprint density at radius 1 is 1.41 bits per heavy atom. The molecule has 0 spiro atoms. The topological polar surface area (TPSA) is 42.4 Å². The Kier molecular flexibility index (Phi) is 4.48. The van der Waals surface area contributed by atoms with E-state index in [1.807, 2.05) is 18.7 Å². The molecular formula is C18H26N2O2. The van der Waals surface area contributed by atoms with Gasteiger partial charge in [0, 0.05) is 31.8 Å². The van der Waals surface area contributed by atoms with Gasteiger partial charge < -0.3 is 9.64 Å². The maximum atomic E-state index is 12.2. The number of nitrogens with zero attached hydrogens (tertiary/aromatic N) is 2. The number of carbonyl (C=O) groups is 1. The van der Waals surface area contributed by atoms with Crippen LogP contribution in [0.4, 0.5) is 0 Å². The van der Waals surface area contributed by atoms with Crippen LogP contribution in [0.5, 0.6) is 0 Å². The van der Waals surface area contributed by atoms with Crippen LogP contribution >= 0.6 is 0 Å². The summed E-state index contributed by atoms with van der Waals surface area (Å²) in [5.74, 6) is 0.433. The van der Waals surface area contributed by atoms with Gasteiger partial charge in [-0.25, -0.2) is 0 Å². The summed E-state index contributed by atoms with van der Waals surface area (Å²) in [6.45, 7) is 5.59. The lowest BCUT2D eigenvalue weighted by atomic mass is 9.93. The highest BCUT2D eigenvalue weighted by Crippen LogP contribution is 2.29. The Balaban J connectivity index is 1.92. The van der Waals surface area contributed by atoms with E-state index in [0.717, 1.165) is 37.1 Å². The predicted octanol–water partition coefficient (Wildman–Crippen LogP) is 3.04. The van der Waals surface area contributed by atoms with E-state index in [1.165, 1.54) is 24.1 Å². The van der Waals surface area contributed by atoms with Crippen LogP contribution in [0.15, 0.2) is 6.07 Å². The van der Waals surface area contributed by atoms with Crippen molar-refractivity contribution in [2.45, 2.75) is 58.6 Å². The van der Waals surface area contributed by atoms with Gasteiger partial charge in [-0.1, -0.05) is 13.0 Å². The van der Waals surface area contributed by atoms with Gasteiger partial charge in [0.2, 0.25) is 5.91 Å². The lowest BCUT2D eigenvalue weighted by Gasteiger charge is -2.24. The number of aryl methyl sites for hydroxylation is 2. The van der Waals surface area contributed by atoms with Crippen molar-refractivity contribution in [3.8, 4) is 0 Å². The number of fused-ring (bicyclic) bond motifs is 1. The van der Waals surface area contributed by atoms with Crippen molar-refractivity contribution >= 4 is 5.91 Å². The maximum Gasteiger partial charge on any atom is 0.225 e. The summed E-state index contributed by atoms with van der Waals surface area (Å²) in [4.78, 5) is 19.1. The van der Waals surface area contributed by atoms with Gasteiger partial charge in [-0.15, -0.1) is 0 Å². The fourth-order valence-electron chi connectivity index (χ4n) is 3.55. The monoisotopic (exact) mass is 302 g/mol. The molecule has 1 fully saturated rings. The molecule has 2 atom stereocenters. The normalized spacial score (nSPS) is 22.8. The minimum atomic E-state index is -0.0302. The Labute approximate surface area is 132 Å². The van der Waals surface area contributed by atoms with E-state index in [0.29, 0.717) is 6.54 Å². The van der Waals surface area contributed by atoms with Gasteiger partial charge in [0.1, 0.15) is 0 Å². The quantitative estimate of drug-likeness (QED) is 0.858. The van der Waals surface area contributed by atoms with E-state index >= 15 is 0 Å². The second-order valence-electron chi connectivity index (χ2n) is 6.67. The standard InChI is InChI=1S/C18H26N2O2/c1-12-8-9-20(18(12)21)11-15-10-14-6-4-5-7-16(14)19-17(15)13(2)22-3/h10,12-13H,4-9,11H2,1-3H3/t12-,13?/m1/s1. The first kappa shape index (κ1) is 15.5. The minimum absolute atomic E-state index is 0.0302. The highest BCUT2D eigenvalue weighted by Gasteiger charge is 2.29. The van der Waals surface area contributed by atoms with Gasteiger partial charge in [-0.05, 0) is 50.2 Å². The zero-order valence-electron chi connectivity index (χ0n) is 13.9. The zero-order valence-corrected chi connectivity index (χ0v) is 13.9. The Hall–Kier alpha value is -1.42. The molecule has 1 aromatic rings. The summed E-state index contributed by atoms with van der Waals surface area (Å²) < 4.78 is 5.51. The van der Waals surface area contributed by atoms with Crippen molar-refractivity contribution in [1.82, 2.24) is 9.88 Å². The van der Waals surface area contributed by atoms with Gasteiger partial charge in [-0.2, -0.15) is 0 Å². The third-order valence-electron chi connectivity index (χ3n) is 5.08. The van der Waals surface area contributed by atoms with E-state index < -0.39 is 0 Å². The molecular weight excluding hydrogens is 276 g/mol. The third kappa shape index (κ3) is 2.89. The summed E-state index contributed by atoms with van der Waals surface area (Å²) in [7, 11) is 1.72. The first-order valence-corrected chi connectivity index (χ1v) is 8.43. The molecule has 4 heteroatoms. The lowest BCUT2D eigenvalue weighted by molar-refractivity contribution is -0.131. The molecule has 4 nitrogen and oxygen atoms in total. The number of hydrogen-bond donors (Lipinski definition) is 0. The van der Waals surface area contributed by atoms with Crippen LogP contribution in [0.1, 0.15) is 61.7 Å². The molecule has 0 saturated carbocycles. The number of rotatable bonds is 4. The van der Waals surface area contributed by atoms with E-state index in [9.17, 15) is 4.79 Å². The Morgan fingerprint density at radius 2 is 2.18 bits per heavy atom. The number of methoxy groups -OCH3 is 1. The molecule has 1 amide bonds. The van der Waals surface area contributed by atoms with Gasteiger partial charge in [0.25, 0.3) is 0 Å². The molecule has 0 aromatic carbocycles. The summed E-state index contributed by atoms with van der Waals surface area (Å²) in [6.07, 6.45) is 5.58. The Bertz CT molecular complexity index is 570. The maximum absolute atomic E-state index is 12.2. The summed E-state index contributed by atoms with van der Waals surface area (Å²) in [5, 5.41) is 0. The van der Waals surface area contributed by atoms with Crippen molar-refractivity contribution in [2.24, 2.45) is 5.92 Å². The van der Waals surface area contributed by atoms with E-state index in [-0.39, 0.29) is 17.9 Å². The van der Waals surface area contributed by atoms with Crippen molar-refractivity contribution < 1.29 is 9.53 Å². The second kappa shape index (κ2) is 6.37. The van der Waals surface area contributed by atoms with Crippen LogP contribution in [-0.4, -0.2) is 29.4 Å². The smallest absolute Gasteiger partial charge is 0.225 e. The van der Waals surface area contributed by atoms with E-state index in [2.05, 4.69) is 6.07 Å². The molecule has 120 valence electrons. The number of ether oxygens (including phenoxy) is 1. The number of aromatic nitrogens is 1. The molecule has 0 radical (unpaired) electrons. The van der Waals surface area contributed by atoms with Crippen molar-refractivity contribution in [1.29, 1.82) is 0 Å². The second-order valence-corrected chi connectivity index (χ2v) is 6.67. The van der Waals surface area contributed by atoms with Crippen molar-refractivity contribution in [3.05, 3.63) is 28.6 Å². The van der Waals surface area contributed by atoms with Gasteiger partial charge >= 0.3 is 0 Å². The molecule has 0 N–H and O–H groups in total. The number of carbonyl (C=O) groups excluding carboxylic acids is 1. The van der Waals surface area contributed by atoms with Crippen molar-refractivity contribution in [2.75, 3.05) is 13.7 Å². The molecule has 1 aliphatic heterocycles. The number of amides is 1. The summed E-state index contributed by atoms with van der Waals surface area (Å²) in [6, 6.07) is 2.28. The highest BCUT2D eigenvalue weighted by atomic mass is 16.5. The molecule has 1 aliphatic carbocycles. The van der Waals surface area contributed by atoms with Crippen LogP contribution in [0.2, 0.25) is 0 Å². The first-order valence-electron chi connectivity index (χ1n) is 8.43. The predicted molar refractivity (Wildman–Crippen MR) is 85.5 cm³/mol. The summed E-state index contributed by atoms with van der Waals surface area (Å²) in [5.41, 5.74) is 4.77. The fraction of sp³-hybridized carbons (Fsp3) is 0.667. The minimum Gasteiger partial charge on any atom is -0.375 e. The van der Waals surface area contributed by atoms with Crippen LogP contribution in [0.25, 0.3) is 0 Å². The molecule has 2 aliphatic rings. The largest absolute Gasteiger partial charge is 0.375 e. The van der Waals surface area contributed by atoms with E-state index in [4.69, 9.17) is 9.72 Å². The van der Waals surface area contributed by atoms with Crippen LogP contribution in [-0.2, 0) is 28.9 Å². The molecule has 3 rings (SSSR count). The highest BCUT2D eigenvalue weighted by molar-refractivity contribution is 5.80. The van der Waals surface area contributed by atoms with Gasteiger partial charge in [-0.3, -0.25) is 9.78 Å². The van der Waals surface area contributed by atoms with Crippen LogP contribution in [0.3, 0.4) is 0 Å². The third-order valence-corrected chi connectivity index (χ3v) is 5.08. The molecule has 22 heavy (non-hydrogen) atoms. The van der Waals surface area contributed by atoms with Crippen molar-refractivity contribution in [3.63, 3.8) is 0 Å². The average molecular weight is 302 g/mol. The molecule has 0 bridgehead atoms. The van der Waals surface area contributed by atoms with Crippen LogP contribution in [0, 0.1) is 5.92 Å². The lowest BCUT2D eigenvalue weighted by Crippen LogP contribution is -2.27. The molecule has 1 unspecified atom stereocenters. The molecule has 1 saturated heterocycles. The first-order chi connectivity index (χ1) is 10.6. The molecule has 1 aromatic heterocycles. The SMILES string of the molecule is COC(C)c1nc2c(cc1CN1CC[C@@H](C)C1=O)CCCC2. The van der Waals surface area contributed by atoms with Gasteiger partial charge in [0.05, 0.1) is 11.8 Å². The Morgan fingerprint density at radius 3 is 2.86 bits per heavy atom. The summed E-state index contributed by atoms with van der Waals surface area (Å²) >= 11 is 0. The zero-order chi connectivity index (χ0) is 15.7. The number of likely N-dealkylation sites (tertiary alicyclic amines) is 1. The van der Waals surface area contributed by atoms with Gasteiger partial charge in [0.15, 0.2) is 0 Å². The fourth-order valence-corrected chi connectivity index (χ4v) is 3.55. The average Bonchev–Trinajstić information content (AvgIpc) is 2.85.